The van der Waals surface area contributed by atoms with Gasteiger partial charge in [0.1, 0.15) is 12.4 Å². The zero-order valence-electron chi connectivity index (χ0n) is 18.9. The summed E-state index contributed by atoms with van der Waals surface area (Å²) in [5.74, 6) is 0.811. The highest BCUT2D eigenvalue weighted by molar-refractivity contribution is 6.02. The smallest absolute Gasteiger partial charge is 0.248 e. The normalized spacial score (nSPS) is 10.9. The number of hydrogen-bond donors (Lipinski definition) is 2. The van der Waals surface area contributed by atoms with Crippen LogP contribution >= 0.6 is 0 Å². The van der Waals surface area contributed by atoms with E-state index in [9.17, 15) is 9.90 Å². The van der Waals surface area contributed by atoms with Gasteiger partial charge in [0.05, 0.1) is 24.8 Å². The molecule has 0 unspecified atom stereocenters. The van der Waals surface area contributed by atoms with E-state index in [2.05, 4.69) is 10.3 Å². The zero-order chi connectivity index (χ0) is 23.9. The van der Waals surface area contributed by atoms with E-state index >= 15 is 0 Å². The van der Waals surface area contributed by atoms with Gasteiger partial charge >= 0.3 is 0 Å². The van der Waals surface area contributed by atoms with E-state index in [-0.39, 0.29) is 11.7 Å². The molecule has 172 valence electrons. The molecule has 0 radical (unpaired) electrons. The summed E-state index contributed by atoms with van der Waals surface area (Å²) in [6, 6.07) is 20.2. The molecule has 1 amide bonds. The number of nitrogens with one attached hydrogen (secondary N) is 1. The van der Waals surface area contributed by atoms with Gasteiger partial charge in [-0.05, 0) is 48.9 Å². The minimum Gasteiger partial charge on any atom is -0.504 e. The van der Waals surface area contributed by atoms with Crippen LogP contribution in [-0.2, 0) is 11.4 Å². The number of imidazole rings is 1. The highest BCUT2D eigenvalue weighted by Crippen LogP contribution is 2.27. The van der Waals surface area contributed by atoms with Crippen molar-refractivity contribution in [2.24, 2.45) is 0 Å². The van der Waals surface area contributed by atoms with Crippen LogP contribution < -0.4 is 14.8 Å². The van der Waals surface area contributed by atoms with Crippen molar-refractivity contribution in [3.05, 3.63) is 102 Å². The molecule has 34 heavy (non-hydrogen) atoms. The quantitative estimate of drug-likeness (QED) is 0.360. The van der Waals surface area contributed by atoms with Crippen molar-refractivity contribution in [3.63, 3.8) is 0 Å². The minimum atomic E-state index is -0.291. The van der Waals surface area contributed by atoms with Gasteiger partial charge in [0.25, 0.3) is 0 Å². The fourth-order valence-electron chi connectivity index (χ4n) is 3.38. The summed E-state index contributed by atoms with van der Waals surface area (Å²) in [6.07, 6.45) is 6.75. The fraction of sp³-hybridized carbons (Fsp3) is 0.111. The number of benzene rings is 3. The maximum Gasteiger partial charge on any atom is 0.248 e. The second kappa shape index (κ2) is 10.4. The van der Waals surface area contributed by atoms with E-state index in [1.165, 1.54) is 19.3 Å². The van der Waals surface area contributed by atoms with E-state index in [0.29, 0.717) is 29.4 Å². The Morgan fingerprint density at radius 2 is 1.97 bits per heavy atom. The third-order valence-electron chi connectivity index (χ3n) is 5.13. The first-order chi connectivity index (χ1) is 16.5. The molecule has 0 aliphatic rings. The van der Waals surface area contributed by atoms with Gasteiger partial charge < -0.3 is 24.5 Å². The third-order valence-corrected chi connectivity index (χ3v) is 5.13. The van der Waals surface area contributed by atoms with Crippen LogP contribution in [0.1, 0.15) is 16.8 Å². The van der Waals surface area contributed by atoms with Gasteiger partial charge in [-0.2, -0.15) is 0 Å². The summed E-state index contributed by atoms with van der Waals surface area (Å²) in [7, 11) is 1.48. The number of carbonyl (C=O) groups is 1. The molecule has 7 heteroatoms. The number of methoxy groups -OCH3 is 1. The van der Waals surface area contributed by atoms with Gasteiger partial charge in [0, 0.05) is 29.6 Å². The van der Waals surface area contributed by atoms with Crippen molar-refractivity contribution >= 4 is 17.7 Å². The molecule has 0 spiro atoms. The number of carbonyl (C=O) groups excluding carboxylic acids is 1. The van der Waals surface area contributed by atoms with Gasteiger partial charge in [-0.15, -0.1) is 0 Å². The Balaban J connectivity index is 1.41. The molecule has 7 nitrogen and oxygen atoms in total. The average Bonchev–Trinajstić information content (AvgIpc) is 3.29. The standard InChI is InChI=1S/C27H25N3O4/c1-19-16-30(18-28-19)22-7-5-8-23(15-22)34-17-21-6-3-4-9-24(21)29-27(32)13-11-20-10-12-26(33-2)25(31)14-20/h3-16,18,31H,17H2,1-2H3,(H,29,32)/b13-11+. The van der Waals surface area contributed by atoms with Crippen LogP contribution in [0.4, 0.5) is 5.69 Å². The number of anilines is 1. The number of aryl methyl sites for hydroxylation is 1. The van der Waals surface area contributed by atoms with Gasteiger partial charge in [-0.25, -0.2) is 4.98 Å². The summed E-state index contributed by atoms with van der Waals surface area (Å²) in [4.78, 5) is 16.7. The largest absolute Gasteiger partial charge is 0.504 e. The van der Waals surface area contributed by atoms with E-state index in [1.807, 2.05) is 66.2 Å². The third kappa shape index (κ3) is 5.63. The first-order valence-electron chi connectivity index (χ1n) is 10.7. The first-order valence-corrected chi connectivity index (χ1v) is 10.7. The van der Waals surface area contributed by atoms with E-state index in [4.69, 9.17) is 9.47 Å². The van der Waals surface area contributed by atoms with Crippen LogP contribution in [0.5, 0.6) is 17.2 Å². The Morgan fingerprint density at radius 1 is 1.12 bits per heavy atom. The number of aromatic nitrogens is 2. The van der Waals surface area contributed by atoms with Crippen LogP contribution in [0.15, 0.2) is 85.3 Å². The van der Waals surface area contributed by atoms with Crippen molar-refractivity contribution in [3.8, 4) is 22.9 Å². The number of hydrogen-bond acceptors (Lipinski definition) is 5. The Morgan fingerprint density at radius 3 is 2.74 bits per heavy atom. The number of para-hydroxylation sites is 1. The van der Waals surface area contributed by atoms with Crippen LogP contribution in [0.3, 0.4) is 0 Å². The topological polar surface area (TPSA) is 85.6 Å². The number of phenolic OH excluding ortho intramolecular Hbond substituents is 1. The minimum absolute atomic E-state index is 0.0137. The predicted molar refractivity (Wildman–Crippen MR) is 131 cm³/mol. The SMILES string of the molecule is COc1ccc(/C=C/C(=O)Nc2ccccc2COc2cccc(-n3cnc(C)c3)c2)cc1O. The maximum atomic E-state index is 12.5. The molecule has 1 aromatic heterocycles. The van der Waals surface area contributed by atoms with Crippen molar-refractivity contribution in [1.29, 1.82) is 0 Å². The molecule has 0 saturated heterocycles. The predicted octanol–water partition coefficient (Wildman–Crippen LogP) is 5.13. The molecule has 4 rings (SSSR count). The molecular formula is C27H25N3O4. The van der Waals surface area contributed by atoms with E-state index in [1.54, 1.807) is 24.5 Å². The lowest BCUT2D eigenvalue weighted by molar-refractivity contribution is -0.111. The highest BCUT2D eigenvalue weighted by Gasteiger charge is 2.07. The molecule has 4 aromatic rings. The highest BCUT2D eigenvalue weighted by atomic mass is 16.5. The Bertz CT molecular complexity index is 1330. The number of amides is 1. The summed E-state index contributed by atoms with van der Waals surface area (Å²) >= 11 is 0. The summed E-state index contributed by atoms with van der Waals surface area (Å²) < 4.78 is 13.0. The van der Waals surface area contributed by atoms with Crippen LogP contribution in [-0.4, -0.2) is 27.7 Å². The fourth-order valence-corrected chi connectivity index (χ4v) is 3.38. The van der Waals surface area contributed by atoms with E-state index in [0.717, 1.165) is 16.9 Å². The number of aromatic hydroxyl groups is 1. The number of phenols is 1. The summed E-state index contributed by atoms with van der Waals surface area (Å²) in [5, 5.41) is 12.8. The molecule has 0 fully saturated rings. The molecule has 0 saturated carbocycles. The van der Waals surface area contributed by atoms with Crippen molar-refractivity contribution in [2.75, 3.05) is 12.4 Å². The number of ether oxygens (including phenoxy) is 2. The van der Waals surface area contributed by atoms with E-state index < -0.39 is 0 Å². The van der Waals surface area contributed by atoms with Gasteiger partial charge in [-0.1, -0.05) is 30.3 Å². The van der Waals surface area contributed by atoms with Gasteiger partial charge in [-0.3, -0.25) is 4.79 Å². The second-order valence-electron chi connectivity index (χ2n) is 7.62. The lowest BCUT2D eigenvalue weighted by Crippen LogP contribution is -2.10. The monoisotopic (exact) mass is 455 g/mol. The first kappa shape index (κ1) is 22.7. The molecular weight excluding hydrogens is 430 g/mol. The summed E-state index contributed by atoms with van der Waals surface area (Å²) in [5.41, 5.74) is 4.08. The number of nitrogens with zero attached hydrogens (tertiary/aromatic N) is 2. The Hall–Kier alpha value is -4.52. The van der Waals surface area contributed by atoms with Crippen molar-refractivity contribution in [1.82, 2.24) is 9.55 Å². The van der Waals surface area contributed by atoms with Crippen LogP contribution in [0, 0.1) is 6.92 Å². The second-order valence-corrected chi connectivity index (χ2v) is 7.62. The lowest BCUT2D eigenvalue weighted by Gasteiger charge is -2.12. The van der Waals surface area contributed by atoms with Gasteiger partial charge in [0.2, 0.25) is 5.91 Å². The molecule has 3 aromatic carbocycles. The lowest BCUT2D eigenvalue weighted by atomic mass is 10.1. The van der Waals surface area contributed by atoms with Gasteiger partial charge in [0.15, 0.2) is 11.5 Å². The van der Waals surface area contributed by atoms with Crippen LogP contribution in [0.2, 0.25) is 0 Å². The Labute approximate surface area is 197 Å². The molecule has 2 N–H and O–H groups in total. The molecule has 0 aliphatic carbocycles. The average molecular weight is 456 g/mol. The molecule has 0 atom stereocenters. The summed E-state index contributed by atoms with van der Waals surface area (Å²) in [6.45, 7) is 2.23. The maximum absolute atomic E-state index is 12.5. The molecule has 0 aliphatic heterocycles. The van der Waals surface area contributed by atoms with Crippen molar-refractivity contribution < 1.29 is 19.4 Å². The molecule has 1 heterocycles. The number of rotatable bonds is 8. The zero-order valence-corrected chi connectivity index (χ0v) is 18.9. The Kier molecular flexibility index (Phi) is 6.93. The van der Waals surface area contributed by atoms with Crippen LogP contribution in [0.25, 0.3) is 11.8 Å². The molecule has 0 bridgehead atoms. The van der Waals surface area contributed by atoms with Crippen molar-refractivity contribution in [2.45, 2.75) is 13.5 Å².